The molecular formula is C12H15BrFNS. The van der Waals surface area contributed by atoms with Crippen LogP contribution in [0.1, 0.15) is 25.8 Å². The number of hydrogen-bond acceptors (Lipinski definition) is 2. The summed E-state index contributed by atoms with van der Waals surface area (Å²) >= 11 is 5.08. The van der Waals surface area contributed by atoms with Crippen LogP contribution in [0.5, 0.6) is 0 Å². The highest BCUT2D eigenvalue weighted by Crippen LogP contribution is 2.41. The Bertz CT molecular complexity index is 399. The number of hydrogen-bond donors (Lipinski definition) is 1. The minimum atomic E-state index is -0.303. The van der Waals surface area contributed by atoms with Gasteiger partial charge in [0.05, 0.1) is 4.87 Å². The fourth-order valence-corrected chi connectivity index (χ4v) is 3.90. The van der Waals surface area contributed by atoms with Crippen LogP contribution in [0.15, 0.2) is 22.7 Å². The van der Waals surface area contributed by atoms with E-state index in [9.17, 15) is 4.39 Å². The third-order valence-corrected chi connectivity index (χ3v) is 4.86. The van der Waals surface area contributed by atoms with E-state index in [1.54, 1.807) is 11.8 Å². The molecule has 1 heterocycles. The van der Waals surface area contributed by atoms with Crippen molar-refractivity contribution in [2.24, 2.45) is 0 Å². The molecule has 0 amide bonds. The van der Waals surface area contributed by atoms with Gasteiger partial charge in [-0.1, -0.05) is 28.9 Å². The Labute approximate surface area is 108 Å². The lowest BCUT2D eigenvalue weighted by molar-refractivity contribution is 0.462. The highest BCUT2D eigenvalue weighted by molar-refractivity contribution is 9.10. The van der Waals surface area contributed by atoms with E-state index in [1.165, 1.54) is 6.07 Å². The standard InChI is InChI=1S/C12H15BrFNS/c1-8-5-6-15-12(2,16-8)10-4-3-9(13)7-11(10)14/h3-4,7-8,15H,5-6H2,1-2H3. The number of benzene rings is 1. The number of halogens is 2. The summed E-state index contributed by atoms with van der Waals surface area (Å²) in [5, 5.41) is 3.97. The zero-order valence-electron chi connectivity index (χ0n) is 9.39. The highest BCUT2D eigenvalue weighted by Gasteiger charge is 2.34. The predicted octanol–water partition coefficient (Wildman–Crippen LogP) is 3.88. The third kappa shape index (κ3) is 2.44. The molecule has 88 valence electrons. The first-order valence-electron chi connectivity index (χ1n) is 5.39. The van der Waals surface area contributed by atoms with Crippen molar-refractivity contribution < 1.29 is 4.39 Å². The molecule has 2 rings (SSSR count). The minimum Gasteiger partial charge on any atom is -0.299 e. The van der Waals surface area contributed by atoms with Gasteiger partial charge in [-0.3, -0.25) is 5.32 Å². The van der Waals surface area contributed by atoms with Gasteiger partial charge in [0.25, 0.3) is 0 Å². The van der Waals surface area contributed by atoms with E-state index in [0.717, 1.165) is 23.0 Å². The lowest BCUT2D eigenvalue weighted by atomic mass is 10.1. The van der Waals surface area contributed by atoms with E-state index < -0.39 is 0 Å². The van der Waals surface area contributed by atoms with Crippen molar-refractivity contribution in [1.82, 2.24) is 5.32 Å². The average Bonchev–Trinajstić information content (AvgIpc) is 2.16. The van der Waals surface area contributed by atoms with Gasteiger partial charge in [-0.15, -0.1) is 11.8 Å². The molecule has 0 spiro atoms. The summed E-state index contributed by atoms with van der Waals surface area (Å²) in [4.78, 5) is -0.303. The van der Waals surface area contributed by atoms with Crippen molar-refractivity contribution in [3.63, 3.8) is 0 Å². The summed E-state index contributed by atoms with van der Waals surface area (Å²) in [7, 11) is 0. The molecule has 1 nitrogen and oxygen atoms in total. The number of thioether (sulfide) groups is 1. The Hall–Kier alpha value is -0.0600. The molecule has 0 bridgehead atoms. The van der Waals surface area contributed by atoms with Gasteiger partial charge in [-0.05, 0) is 32.0 Å². The van der Waals surface area contributed by atoms with Crippen LogP contribution in [-0.4, -0.2) is 11.8 Å². The zero-order valence-corrected chi connectivity index (χ0v) is 11.8. The summed E-state index contributed by atoms with van der Waals surface area (Å²) in [6.45, 7) is 5.19. The van der Waals surface area contributed by atoms with Crippen molar-refractivity contribution in [2.45, 2.75) is 30.4 Å². The lowest BCUT2D eigenvalue weighted by Gasteiger charge is -2.38. The van der Waals surface area contributed by atoms with Crippen molar-refractivity contribution in [2.75, 3.05) is 6.54 Å². The summed E-state index contributed by atoms with van der Waals surface area (Å²) in [5.41, 5.74) is 0.743. The molecule has 0 radical (unpaired) electrons. The largest absolute Gasteiger partial charge is 0.299 e. The first kappa shape index (κ1) is 12.4. The minimum absolute atomic E-state index is 0.147. The highest BCUT2D eigenvalue weighted by atomic mass is 79.9. The van der Waals surface area contributed by atoms with Gasteiger partial charge in [-0.25, -0.2) is 4.39 Å². The van der Waals surface area contributed by atoms with Crippen molar-refractivity contribution in [3.8, 4) is 0 Å². The fraction of sp³-hybridized carbons (Fsp3) is 0.500. The lowest BCUT2D eigenvalue weighted by Crippen LogP contribution is -2.43. The molecule has 1 N–H and O–H groups in total. The van der Waals surface area contributed by atoms with Crippen molar-refractivity contribution in [3.05, 3.63) is 34.1 Å². The van der Waals surface area contributed by atoms with Crippen LogP contribution in [0.3, 0.4) is 0 Å². The fourth-order valence-electron chi connectivity index (χ4n) is 2.05. The molecule has 1 aromatic carbocycles. The van der Waals surface area contributed by atoms with Gasteiger partial charge < -0.3 is 0 Å². The van der Waals surface area contributed by atoms with Crippen LogP contribution in [0, 0.1) is 5.82 Å². The Morgan fingerprint density at radius 2 is 2.31 bits per heavy atom. The Balaban J connectivity index is 2.34. The van der Waals surface area contributed by atoms with Gasteiger partial charge in [0.1, 0.15) is 5.82 Å². The maximum atomic E-state index is 13.9. The summed E-state index contributed by atoms with van der Waals surface area (Å²) in [6, 6.07) is 5.28. The van der Waals surface area contributed by atoms with E-state index in [2.05, 4.69) is 35.1 Å². The summed E-state index contributed by atoms with van der Waals surface area (Å²) < 4.78 is 14.7. The second kappa shape index (κ2) is 4.67. The third-order valence-electron chi connectivity index (χ3n) is 2.90. The topological polar surface area (TPSA) is 12.0 Å². The summed E-state index contributed by atoms with van der Waals surface area (Å²) in [5.74, 6) is -0.147. The van der Waals surface area contributed by atoms with Crippen molar-refractivity contribution >= 4 is 27.7 Å². The van der Waals surface area contributed by atoms with E-state index in [1.807, 2.05) is 12.1 Å². The molecule has 0 aromatic heterocycles. The Kier molecular flexibility index (Phi) is 3.62. The van der Waals surface area contributed by atoms with Crippen molar-refractivity contribution in [1.29, 1.82) is 0 Å². The molecule has 4 heteroatoms. The number of rotatable bonds is 1. The van der Waals surface area contributed by atoms with Crippen LogP contribution in [-0.2, 0) is 4.87 Å². The maximum Gasteiger partial charge on any atom is 0.130 e. The first-order chi connectivity index (χ1) is 7.51. The summed E-state index contributed by atoms with van der Waals surface area (Å²) in [6.07, 6.45) is 1.14. The van der Waals surface area contributed by atoms with Crippen LogP contribution in [0.2, 0.25) is 0 Å². The molecule has 2 atom stereocenters. The molecule has 1 aliphatic rings. The van der Waals surface area contributed by atoms with Crippen LogP contribution in [0.4, 0.5) is 4.39 Å². The van der Waals surface area contributed by atoms with Crippen LogP contribution < -0.4 is 5.32 Å². The van der Waals surface area contributed by atoms with E-state index >= 15 is 0 Å². The quantitative estimate of drug-likeness (QED) is 0.845. The van der Waals surface area contributed by atoms with Gasteiger partial charge in [-0.2, -0.15) is 0 Å². The van der Waals surface area contributed by atoms with Crippen LogP contribution in [0.25, 0.3) is 0 Å². The molecule has 0 saturated carbocycles. The predicted molar refractivity (Wildman–Crippen MR) is 71.1 cm³/mol. The normalized spacial score (nSPS) is 30.4. The second-order valence-corrected chi connectivity index (χ2v) is 7.07. The zero-order chi connectivity index (χ0) is 11.8. The monoisotopic (exact) mass is 303 g/mol. The van der Waals surface area contributed by atoms with Gasteiger partial charge in [0.15, 0.2) is 0 Å². The molecule has 2 unspecified atom stereocenters. The molecule has 1 saturated heterocycles. The first-order valence-corrected chi connectivity index (χ1v) is 7.07. The maximum absolute atomic E-state index is 13.9. The van der Waals surface area contributed by atoms with Gasteiger partial charge in [0.2, 0.25) is 0 Å². The van der Waals surface area contributed by atoms with Crippen LogP contribution >= 0.6 is 27.7 Å². The SMILES string of the molecule is CC1CCNC(C)(c2ccc(Br)cc2F)S1. The molecule has 16 heavy (non-hydrogen) atoms. The Morgan fingerprint density at radius 3 is 2.94 bits per heavy atom. The van der Waals surface area contributed by atoms with E-state index in [0.29, 0.717) is 5.25 Å². The van der Waals surface area contributed by atoms with Gasteiger partial charge in [0, 0.05) is 15.3 Å². The van der Waals surface area contributed by atoms with E-state index in [4.69, 9.17) is 0 Å². The molecule has 0 aliphatic carbocycles. The molecule has 1 aromatic rings. The Morgan fingerprint density at radius 1 is 1.56 bits per heavy atom. The smallest absolute Gasteiger partial charge is 0.130 e. The van der Waals surface area contributed by atoms with Gasteiger partial charge >= 0.3 is 0 Å². The second-order valence-electron chi connectivity index (χ2n) is 4.30. The number of nitrogens with one attached hydrogen (secondary N) is 1. The molecular weight excluding hydrogens is 289 g/mol. The molecule has 1 fully saturated rings. The average molecular weight is 304 g/mol. The van der Waals surface area contributed by atoms with E-state index in [-0.39, 0.29) is 10.7 Å². The molecule has 1 aliphatic heterocycles.